The van der Waals surface area contributed by atoms with Gasteiger partial charge in [-0.3, -0.25) is 9.69 Å². The Kier molecular flexibility index (Phi) is 6.93. The summed E-state index contributed by atoms with van der Waals surface area (Å²) in [5, 5.41) is 6.74. The topological polar surface area (TPSA) is 53.6 Å². The number of hydrogen-bond donors (Lipinski definition) is 2. The lowest BCUT2D eigenvalue weighted by Crippen LogP contribution is -2.38. The molecule has 2 aromatic carbocycles. The molecule has 5 nitrogen and oxygen atoms in total. The Balaban J connectivity index is 1.24. The minimum Gasteiger partial charge on any atom is -0.379 e. The van der Waals surface area contributed by atoms with Crippen LogP contribution in [0.1, 0.15) is 29.5 Å². The van der Waals surface area contributed by atoms with Crippen LogP contribution in [0.5, 0.6) is 0 Å². The SMILES string of the molecule is O=C(CCN1CCOCC1)Nc1cccc(CNC2CCc3ccccc3C2)c1. The molecule has 0 spiro atoms. The van der Waals surface area contributed by atoms with Crippen LogP contribution < -0.4 is 10.6 Å². The van der Waals surface area contributed by atoms with Gasteiger partial charge in [-0.25, -0.2) is 0 Å². The van der Waals surface area contributed by atoms with Crippen molar-refractivity contribution in [2.75, 3.05) is 38.2 Å². The molecule has 1 aliphatic carbocycles. The van der Waals surface area contributed by atoms with Crippen LogP contribution in [-0.2, 0) is 28.9 Å². The lowest BCUT2D eigenvalue weighted by atomic mass is 9.88. The van der Waals surface area contributed by atoms with Crippen molar-refractivity contribution in [3.63, 3.8) is 0 Å². The predicted octanol–water partition coefficient (Wildman–Crippen LogP) is 2.99. The summed E-state index contributed by atoms with van der Waals surface area (Å²) in [7, 11) is 0. The fourth-order valence-corrected chi connectivity index (χ4v) is 4.20. The van der Waals surface area contributed by atoms with Crippen LogP contribution in [0.15, 0.2) is 48.5 Å². The van der Waals surface area contributed by atoms with Crippen LogP contribution in [0.3, 0.4) is 0 Å². The van der Waals surface area contributed by atoms with Crippen molar-refractivity contribution < 1.29 is 9.53 Å². The van der Waals surface area contributed by atoms with E-state index in [2.05, 4.69) is 51.9 Å². The fourth-order valence-electron chi connectivity index (χ4n) is 4.20. The predicted molar refractivity (Wildman–Crippen MR) is 116 cm³/mol. The number of hydrogen-bond acceptors (Lipinski definition) is 4. The van der Waals surface area contributed by atoms with Crippen molar-refractivity contribution in [3.8, 4) is 0 Å². The standard InChI is InChI=1S/C24H31N3O2/c28-24(10-11-27-12-14-29-15-13-27)26-23-7-3-4-19(16-23)18-25-22-9-8-20-5-1-2-6-21(20)17-22/h1-7,16,22,25H,8-15,17-18H2,(H,26,28). The van der Waals surface area contributed by atoms with E-state index >= 15 is 0 Å². The van der Waals surface area contributed by atoms with Gasteiger partial charge in [0.2, 0.25) is 5.91 Å². The highest BCUT2D eigenvalue weighted by molar-refractivity contribution is 5.90. The first kappa shape index (κ1) is 20.1. The molecule has 1 unspecified atom stereocenters. The van der Waals surface area contributed by atoms with E-state index in [1.54, 1.807) is 0 Å². The van der Waals surface area contributed by atoms with Crippen molar-refractivity contribution in [1.29, 1.82) is 0 Å². The third kappa shape index (κ3) is 5.89. The van der Waals surface area contributed by atoms with Gasteiger partial charge >= 0.3 is 0 Å². The average molecular weight is 394 g/mol. The Morgan fingerprint density at radius 2 is 1.90 bits per heavy atom. The first-order valence-corrected chi connectivity index (χ1v) is 10.8. The molecule has 1 atom stereocenters. The summed E-state index contributed by atoms with van der Waals surface area (Å²) in [6.45, 7) is 4.98. The number of morpholine rings is 1. The van der Waals surface area contributed by atoms with Crippen LogP contribution in [0.2, 0.25) is 0 Å². The van der Waals surface area contributed by atoms with E-state index in [4.69, 9.17) is 4.74 Å². The number of benzene rings is 2. The molecule has 0 saturated carbocycles. The van der Waals surface area contributed by atoms with Gasteiger partial charge < -0.3 is 15.4 Å². The maximum absolute atomic E-state index is 12.3. The van der Waals surface area contributed by atoms with Crippen LogP contribution in [0, 0.1) is 0 Å². The second kappa shape index (κ2) is 10.0. The highest BCUT2D eigenvalue weighted by Crippen LogP contribution is 2.21. The normalized spacial score (nSPS) is 19.5. The van der Waals surface area contributed by atoms with E-state index in [0.29, 0.717) is 12.5 Å². The molecule has 4 rings (SSSR count). The smallest absolute Gasteiger partial charge is 0.225 e. The van der Waals surface area contributed by atoms with Gasteiger partial charge in [0.15, 0.2) is 0 Å². The fraction of sp³-hybridized carbons (Fsp3) is 0.458. The second-order valence-corrected chi connectivity index (χ2v) is 8.04. The Bertz CT molecular complexity index is 817. The zero-order valence-electron chi connectivity index (χ0n) is 17.0. The molecule has 0 bridgehead atoms. The highest BCUT2D eigenvalue weighted by Gasteiger charge is 2.17. The van der Waals surface area contributed by atoms with Crippen LogP contribution in [0.25, 0.3) is 0 Å². The number of anilines is 1. The monoisotopic (exact) mass is 393 g/mol. The van der Waals surface area contributed by atoms with Crippen LogP contribution in [-0.4, -0.2) is 49.7 Å². The van der Waals surface area contributed by atoms with Gasteiger partial charge in [0.1, 0.15) is 0 Å². The first-order chi connectivity index (χ1) is 14.3. The number of carbonyl (C=O) groups excluding carboxylic acids is 1. The molecule has 5 heteroatoms. The highest BCUT2D eigenvalue weighted by atomic mass is 16.5. The maximum atomic E-state index is 12.3. The van der Waals surface area contributed by atoms with Crippen molar-refractivity contribution >= 4 is 11.6 Å². The summed E-state index contributed by atoms with van der Waals surface area (Å²) in [6, 6.07) is 17.4. The summed E-state index contributed by atoms with van der Waals surface area (Å²) >= 11 is 0. The first-order valence-electron chi connectivity index (χ1n) is 10.8. The van der Waals surface area contributed by atoms with Gasteiger partial charge in [0, 0.05) is 44.3 Å². The summed E-state index contributed by atoms with van der Waals surface area (Å²) < 4.78 is 5.35. The molecule has 1 fully saturated rings. The quantitative estimate of drug-likeness (QED) is 0.759. The zero-order chi connectivity index (χ0) is 19.9. The molecule has 1 amide bonds. The number of amides is 1. The maximum Gasteiger partial charge on any atom is 0.225 e. The van der Waals surface area contributed by atoms with Crippen LogP contribution in [0.4, 0.5) is 5.69 Å². The van der Waals surface area contributed by atoms with E-state index in [0.717, 1.165) is 57.9 Å². The summed E-state index contributed by atoms with van der Waals surface area (Å²) in [4.78, 5) is 14.6. The van der Waals surface area contributed by atoms with E-state index in [9.17, 15) is 4.79 Å². The van der Waals surface area contributed by atoms with Gasteiger partial charge in [-0.05, 0) is 48.1 Å². The molecular formula is C24H31N3O2. The molecule has 2 N–H and O–H groups in total. The largest absolute Gasteiger partial charge is 0.379 e. The molecule has 0 radical (unpaired) electrons. The molecule has 29 heavy (non-hydrogen) atoms. The number of carbonyl (C=O) groups is 1. The molecular weight excluding hydrogens is 362 g/mol. The van der Waals surface area contributed by atoms with E-state index in [-0.39, 0.29) is 5.91 Å². The number of rotatable bonds is 7. The molecule has 2 aliphatic rings. The van der Waals surface area contributed by atoms with Crippen molar-refractivity contribution in [1.82, 2.24) is 10.2 Å². The summed E-state index contributed by atoms with van der Waals surface area (Å²) in [6.07, 6.45) is 3.93. The third-order valence-corrected chi connectivity index (χ3v) is 5.91. The van der Waals surface area contributed by atoms with Crippen LogP contribution >= 0.6 is 0 Å². The molecule has 0 aromatic heterocycles. The Morgan fingerprint density at radius 1 is 1.07 bits per heavy atom. The molecule has 1 saturated heterocycles. The molecule has 154 valence electrons. The molecule has 2 aromatic rings. The van der Waals surface area contributed by atoms with Gasteiger partial charge in [0.05, 0.1) is 13.2 Å². The summed E-state index contributed by atoms with van der Waals surface area (Å²) in [5.74, 6) is 0.0745. The number of nitrogens with one attached hydrogen (secondary N) is 2. The third-order valence-electron chi connectivity index (χ3n) is 5.91. The van der Waals surface area contributed by atoms with Gasteiger partial charge in [-0.2, -0.15) is 0 Å². The van der Waals surface area contributed by atoms with Crippen molar-refractivity contribution in [2.45, 2.75) is 38.3 Å². The zero-order valence-corrected chi connectivity index (χ0v) is 17.0. The van der Waals surface area contributed by atoms with Gasteiger partial charge in [-0.1, -0.05) is 36.4 Å². The van der Waals surface area contributed by atoms with Crippen molar-refractivity contribution in [3.05, 3.63) is 65.2 Å². The van der Waals surface area contributed by atoms with E-state index < -0.39 is 0 Å². The molecule has 1 heterocycles. The van der Waals surface area contributed by atoms with Crippen molar-refractivity contribution in [2.24, 2.45) is 0 Å². The van der Waals surface area contributed by atoms with Gasteiger partial charge in [0.25, 0.3) is 0 Å². The van der Waals surface area contributed by atoms with E-state index in [1.165, 1.54) is 23.1 Å². The lowest BCUT2D eigenvalue weighted by Gasteiger charge is -2.26. The second-order valence-electron chi connectivity index (χ2n) is 8.04. The average Bonchev–Trinajstić information content (AvgIpc) is 2.77. The Morgan fingerprint density at radius 3 is 2.76 bits per heavy atom. The van der Waals surface area contributed by atoms with Gasteiger partial charge in [-0.15, -0.1) is 0 Å². The number of nitrogens with zero attached hydrogens (tertiary/aromatic N) is 1. The number of ether oxygens (including phenoxy) is 1. The minimum atomic E-state index is 0.0745. The summed E-state index contributed by atoms with van der Waals surface area (Å²) in [5.41, 5.74) is 5.05. The Hall–Kier alpha value is -2.21. The molecule has 1 aliphatic heterocycles. The lowest BCUT2D eigenvalue weighted by molar-refractivity contribution is -0.116. The Labute approximate surface area is 173 Å². The minimum absolute atomic E-state index is 0.0745. The van der Waals surface area contributed by atoms with E-state index in [1.807, 2.05) is 12.1 Å². The number of fused-ring (bicyclic) bond motifs is 1. The number of aryl methyl sites for hydroxylation is 1.